The zero-order valence-electron chi connectivity index (χ0n) is 37.4. The molecule has 2 heterocycles. The normalized spacial score (nSPS) is 17.8. The Labute approximate surface area is 363 Å². The number of hydrogen-bond donors (Lipinski definition) is 4. The molecule has 0 aliphatic carbocycles. The van der Waals surface area contributed by atoms with Crippen molar-refractivity contribution < 1.29 is 38.0 Å². The fourth-order valence-corrected chi connectivity index (χ4v) is 5.95. The molecule has 3 aromatic rings. The molecule has 0 radical (unpaired) electrons. The molecule has 4 N–H and O–H groups in total. The van der Waals surface area contributed by atoms with Crippen LogP contribution in [0.15, 0.2) is 96.6 Å². The summed E-state index contributed by atoms with van der Waals surface area (Å²) in [6, 6.07) is 19.2. The molecule has 0 atom stereocenters. The van der Waals surface area contributed by atoms with E-state index in [1.807, 2.05) is 73.7 Å². The van der Waals surface area contributed by atoms with Crippen LogP contribution in [-0.2, 0) is 65.6 Å². The zero-order chi connectivity index (χ0) is 44.1. The molecule has 0 unspecified atom stereocenters. The molecule has 12 heteroatoms. The van der Waals surface area contributed by atoms with Gasteiger partial charge in [-0.3, -0.25) is 0 Å². The van der Waals surface area contributed by atoms with Gasteiger partial charge in [0.2, 0.25) is 0 Å². The van der Waals surface area contributed by atoms with Crippen molar-refractivity contribution in [2.75, 3.05) is 76.7 Å². The van der Waals surface area contributed by atoms with Crippen LogP contribution in [0.25, 0.3) is 0 Å². The minimum Gasteiger partial charge on any atom is -0.377 e. The van der Waals surface area contributed by atoms with Gasteiger partial charge < -0.3 is 49.7 Å². The highest BCUT2D eigenvalue weighted by Crippen LogP contribution is 2.32. The van der Waals surface area contributed by atoms with Crippen LogP contribution in [0, 0.1) is 0 Å². The summed E-state index contributed by atoms with van der Waals surface area (Å²) < 4.78 is 34.7. The Kier molecular flexibility index (Phi) is 20.2. The molecule has 0 fully saturated rings. The second kappa shape index (κ2) is 25.2. The van der Waals surface area contributed by atoms with Gasteiger partial charge in [0, 0.05) is 30.0 Å². The van der Waals surface area contributed by atoms with Crippen molar-refractivity contribution in [1.29, 1.82) is 0 Å². The highest BCUT2D eigenvalue weighted by atomic mass is 16.5. The van der Waals surface area contributed by atoms with Gasteiger partial charge >= 0.3 is 12.1 Å². The third-order valence-corrected chi connectivity index (χ3v) is 9.73. The van der Waals surface area contributed by atoms with Crippen molar-refractivity contribution in [3.63, 3.8) is 0 Å². The maximum absolute atomic E-state index is 13.2. The maximum Gasteiger partial charge on any atom is 0.319 e. The van der Waals surface area contributed by atoms with Crippen molar-refractivity contribution in [3.05, 3.63) is 130 Å². The largest absolute Gasteiger partial charge is 0.377 e. The molecule has 332 valence electrons. The van der Waals surface area contributed by atoms with Gasteiger partial charge in [0.1, 0.15) is 0 Å². The first-order valence-electron chi connectivity index (χ1n) is 21.1. The van der Waals surface area contributed by atoms with Crippen LogP contribution in [-0.4, -0.2) is 78.1 Å². The number of rotatable bonds is 7. The second-order valence-corrected chi connectivity index (χ2v) is 17.1. The van der Waals surface area contributed by atoms with Gasteiger partial charge in [0.15, 0.2) is 0 Å². The van der Waals surface area contributed by atoms with Crippen molar-refractivity contribution in [3.8, 4) is 0 Å². The number of benzene rings is 3. The molecule has 12 nitrogen and oxygen atoms in total. The molecule has 61 heavy (non-hydrogen) atoms. The van der Waals surface area contributed by atoms with Crippen LogP contribution in [0.5, 0.6) is 0 Å². The van der Waals surface area contributed by atoms with Gasteiger partial charge in [-0.15, -0.1) is 0 Å². The highest BCUT2D eigenvalue weighted by molar-refractivity contribution is 5.90. The van der Waals surface area contributed by atoms with E-state index in [4.69, 9.17) is 28.4 Å². The third kappa shape index (κ3) is 18.8. The first-order valence-corrected chi connectivity index (χ1v) is 21.1. The van der Waals surface area contributed by atoms with Crippen LogP contribution in [0.1, 0.15) is 81.8 Å². The van der Waals surface area contributed by atoms with Gasteiger partial charge in [0.05, 0.1) is 79.3 Å². The number of fused-ring (bicyclic) bond motifs is 21. The summed E-state index contributed by atoms with van der Waals surface area (Å²) in [6.45, 7) is 24.6. The average Bonchev–Trinajstić information content (AvgIpc) is 3.22. The molecule has 0 saturated heterocycles. The lowest BCUT2D eigenvalue weighted by Crippen LogP contribution is -2.29. The lowest BCUT2D eigenvalue weighted by Gasteiger charge is -2.26. The number of anilines is 2. The van der Waals surface area contributed by atoms with Crippen LogP contribution < -0.4 is 21.3 Å². The molecule has 2 aliphatic rings. The van der Waals surface area contributed by atoms with Gasteiger partial charge in [-0.2, -0.15) is 0 Å². The molecule has 5 rings (SSSR count). The average molecular weight is 841 g/mol. The number of nitrogens with one attached hydrogen (secondary N) is 4. The Morgan fingerprint density at radius 1 is 0.590 bits per heavy atom. The van der Waals surface area contributed by atoms with Crippen LogP contribution in [0.4, 0.5) is 21.0 Å². The number of amides is 4. The molecule has 4 amide bonds. The Morgan fingerprint density at radius 2 is 1.08 bits per heavy atom. The smallest absolute Gasteiger partial charge is 0.319 e. The summed E-state index contributed by atoms with van der Waals surface area (Å²) in [5, 5.41) is 11.9. The van der Waals surface area contributed by atoms with E-state index in [0.717, 1.165) is 39.1 Å². The number of carbonyl (C=O) groups is 2. The van der Waals surface area contributed by atoms with E-state index in [-0.39, 0.29) is 29.5 Å². The minimum atomic E-state index is -0.355. The first kappa shape index (κ1) is 48.8. The molecule has 0 spiro atoms. The zero-order valence-corrected chi connectivity index (χ0v) is 37.4. The Morgan fingerprint density at radius 3 is 1.62 bits per heavy atom. The topological polar surface area (TPSA) is 138 Å². The number of carbonyl (C=O) groups excluding carboxylic acids is 2. The quantitative estimate of drug-likeness (QED) is 0.173. The number of allylic oxidation sites excluding steroid dienone is 2. The third-order valence-electron chi connectivity index (χ3n) is 9.73. The first-order chi connectivity index (χ1) is 29.2. The number of ether oxygens (including phenoxy) is 6. The van der Waals surface area contributed by atoms with Gasteiger partial charge in [-0.05, 0) is 74.9 Å². The van der Waals surface area contributed by atoms with Crippen molar-refractivity contribution in [2.24, 2.45) is 0 Å². The van der Waals surface area contributed by atoms with E-state index in [0.29, 0.717) is 91.5 Å². The Bertz CT molecular complexity index is 1880. The van der Waals surface area contributed by atoms with E-state index in [1.54, 1.807) is 6.08 Å². The summed E-state index contributed by atoms with van der Waals surface area (Å²) in [7, 11) is 0. The van der Waals surface area contributed by atoms with E-state index < -0.39 is 0 Å². The molecule has 0 aromatic heterocycles. The van der Waals surface area contributed by atoms with Crippen LogP contribution >= 0.6 is 0 Å². The lowest BCUT2D eigenvalue weighted by molar-refractivity contribution is 0.0139. The standard InChI is InChI=1S/C49H68N4O8/c1-9-37-11-10-36(2)32-58-22-18-56-21-25-61-35-41-17-16-40(34-60-24-20-57-19-23-59-33-37)26-45(41)53-47(55)51-31-39-14-12-38(13-15-39)30-50-46(54)52-44-28-42(48(3,4)5)27-43(29-44)49(6,7)8/h9-17,26-29H,1,18-25,30-35H2,2-8H3,(H2,50,52,54)(H2,51,53,55)/b36-10+,37-11+. The number of urea groups is 2. The van der Waals surface area contributed by atoms with Gasteiger partial charge in [-0.1, -0.05) is 109 Å². The number of hydrogen-bond acceptors (Lipinski definition) is 8. The van der Waals surface area contributed by atoms with Crippen LogP contribution in [0.3, 0.4) is 0 Å². The molecular formula is C49H68N4O8. The molecule has 2 aliphatic heterocycles. The van der Waals surface area contributed by atoms with E-state index in [1.165, 1.54) is 11.1 Å². The van der Waals surface area contributed by atoms with E-state index >= 15 is 0 Å². The lowest BCUT2D eigenvalue weighted by atomic mass is 9.80. The maximum atomic E-state index is 13.2. The van der Waals surface area contributed by atoms with Crippen molar-refractivity contribution in [1.82, 2.24) is 10.6 Å². The second-order valence-electron chi connectivity index (χ2n) is 17.1. The van der Waals surface area contributed by atoms with Gasteiger partial charge in [0.25, 0.3) is 0 Å². The summed E-state index contributed by atoms with van der Waals surface area (Å²) in [4.78, 5) is 26.1. The Hall–Kier alpha value is -4.82. The summed E-state index contributed by atoms with van der Waals surface area (Å²) >= 11 is 0. The molecule has 0 saturated carbocycles. The van der Waals surface area contributed by atoms with Crippen LogP contribution in [0.2, 0.25) is 0 Å². The summed E-state index contributed by atoms with van der Waals surface area (Å²) in [5.74, 6) is 0. The summed E-state index contributed by atoms with van der Waals surface area (Å²) in [6.07, 6.45) is 5.77. The fraction of sp³-hybridized carbons (Fsp3) is 0.469. The minimum absolute atomic E-state index is 0.0561. The monoisotopic (exact) mass is 841 g/mol. The van der Waals surface area contributed by atoms with Crippen molar-refractivity contribution >= 4 is 23.4 Å². The molecule has 2 bridgehead atoms. The predicted molar refractivity (Wildman–Crippen MR) is 243 cm³/mol. The van der Waals surface area contributed by atoms with Gasteiger partial charge in [-0.25, -0.2) is 9.59 Å². The molecule has 3 aromatic carbocycles. The highest BCUT2D eigenvalue weighted by Gasteiger charge is 2.21. The van der Waals surface area contributed by atoms with E-state index in [2.05, 4.69) is 75.5 Å². The fourth-order valence-electron chi connectivity index (χ4n) is 5.95. The summed E-state index contributed by atoms with van der Waals surface area (Å²) in [5.41, 5.74) is 9.22. The predicted octanol–water partition coefficient (Wildman–Crippen LogP) is 9.10. The van der Waals surface area contributed by atoms with Crippen molar-refractivity contribution in [2.45, 2.75) is 85.6 Å². The SMILES string of the molecule is C=C/C1=C\C=C(/C)COCCOCCOCc2ccc(cc2NC(=O)NCc2ccc(CNC(=O)Nc3cc(C(C)(C)C)cc(C(C)(C)C)c3)cc2)COCCOCCOC1. The van der Waals surface area contributed by atoms with E-state index in [9.17, 15) is 9.59 Å². The Balaban J connectivity index is 1.28. The molecular weight excluding hydrogens is 773 g/mol.